The predicted molar refractivity (Wildman–Crippen MR) is 97.9 cm³/mol. The van der Waals surface area contributed by atoms with Crippen LogP contribution in [0.25, 0.3) is 0 Å². The van der Waals surface area contributed by atoms with Crippen LogP contribution in [-0.2, 0) is 11.2 Å². The van der Waals surface area contributed by atoms with E-state index >= 15 is 0 Å². The molecular formula is C21H24FNO2. The number of aliphatic carboxylic acids is 1. The molecule has 1 N–H and O–H groups in total. The number of rotatable bonds is 6. The lowest BCUT2D eigenvalue weighted by Gasteiger charge is -2.26. The number of hydrogen-bond donors (Lipinski definition) is 1. The number of carbonyl (C=O) groups is 1. The lowest BCUT2D eigenvalue weighted by Crippen LogP contribution is -2.31. The summed E-state index contributed by atoms with van der Waals surface area (Å²) >= 11 is 0. The number of benzene rings is 2. The minimum absolute atomic E-state index is 0.0212. The van der Waals surface area contributed by atoms with Gasteiger partial charge in [0.15, 0.2) is 0 Å². The second-order valence-corrected chi connectivity index (χ2v) is 6.92. The first kappa shape index (κ1) is 17.5. The van der Waals surface area contributed by atoms with Crippen LogP contribution in [0.4, 0.5) is 10.1 Å². The number of carboxylic acids is 1. The number of carboxylic acid groups (broad SMARTS) is 1. The Morgan fingerprint density at radius 3 is 2.52 bits per heavy atom. The molecule has 25 heavy (non-hydrogen) atoms. The summed E-state index contributed by atoms with van der Waals surface area (Å²) in [7, 11) is 0. The summed E-state index contributed by atoms with van der Waals surface area (Å²) in [6.45, 7) is 2.47. The van der Waals surface area contributed by atoms with E-state index in [1.54, 1.807) is 0 Å². The normalized spacial score (nSPS) is 21.3. The number of anilines is 1. The van der Waals surface area contributed by atoms with E-state index in [1.807, 2.05) is 23.1 Å². The molecule has 0 radical (unpaired) electrons. The highest BCUT2D eigenvalue weighted by Gasteiger charge is 2.33. The summed E-state index contributed by atoms with van der Waals surface area (Å²) < 4.78 is 13.8. The Labute approximate surface area is 148 Å². The standard InChI is InChI=1S/C21H24FNO2/c1-15(11-16-5-3-2-4-6-16)17-7-9-19(10-8-17)23-14-18(22)12-20(23)13-21(24)25/h2-10,15,18,20H,11-14H2,1H3,(H,24,25)/t15?,18-,20-/m0/s1. The lowest BCUT2D eigenvalue weighted by molar-refractivity contribution is -0.137. The molecule has 3 nitrogen and oxygen atoms in total. The van der Waals surface area contributed by atoms with Gasteiger partial charge in [0.25, 0.3) is 0 Å². The van der Waals surface area contributed by atoms with Crippen molar-refractivity contribution in [1.29, 1.82) is 0 Å². The molecule has 0 bridgehead atoms. The van der Waals surface area contributed by atoms with Crippen LogP contribution in [0.2, 0.25) is 0 Å². The van der Waals surface area contributed by atoms with Crippen LogP contribution in [0.3, 0.4) is 0 Å². The highest BCUT2D eigenvalue weighted by atomic mass is 19.1. The van der Waals surface area contributed by atoms with Crippen LogP contribution >= 0.6 is 0 Å². The Hall–Kier alpha value is -2.36. The fourth-order valence-electron chi connectivity index (χ4n) is 3.65. The molecule has 1 aliphatic heterocycles. The van der Waals surface area contributed by atoms with E-state index in [-0.39, 0.29) is 19.0 Å². The molecule has 1 saturated heterocycles. The molecule has 0 spiro atoms. The summed E-state index contributed by atoms with van der Waals surface area (Å²) in [6, 6.07) is 18.2. The Balaban J connectivity index is 1.70. The zero-order valence-electron chi connectivity index (χ0n) is 14.4. The fourth-order valence-corrected chi connectivity index (χ4v) is 3.65. The summed E-state index contributed by atoms with van der Waals surface area (Å²) in [4.78, 5) is 12.9. The van der Waals surface area contributed by atoms with Gasteiger partial charge < -0.3 is 10.0 Å². The molecule has 1 unspecified atom stereocenters. The van der Waals surface area contributed by atoms with Crippen molar-refractivity contribution in [1.82, 2.24) is 0 Å². The summed E-state index contributed by atoms with van der Waals surface area (Å²) in [5.41, 5.74) is 3.45. The molecule has 1 fully saturated rings. The van der Waals surface area contributed by atoms with E-state index in [0.29, 0.717) is 12.3 Å². The molecule has 2 aromatic carbocycles. The number of nitrogens with zero attached hydrogens (tertiary/aromatic N) is 1. The van der Waals surface area contributed by atoms with E-state index in [9.17, 15) is 9.18 Å². The topological polar surface area (TPSA) is 40.5 Å². The van der Waals surface area contributed by atoms with Gasteiger partial charge in [-0.3, -0.25) is 4.79 Å². The second kappa shape index (κ2) is 7.68. The number of halogens is 1. The van der Waals surface area contributed by atoms with Crippen molar-refractivity contribution in [2.45, 2.75) is 44.3 Å². The number of alkyl halides is 1. The zero-order valence-corrected chi connectivity index (χ0v) is 14.4. The zero-order chi connectivity index (χ0) is 17.8. The molecule has 0 saturated carbocycles. The Morgan fingerprint density at radius 1 is 1.20 bits per heavy atom. The first-order valence-corrected chi connectivity index (χ1v) is 8.79. The third kappa shape index (κ3) is 4.38. The SMILES string of the molecule is CC(Cc1ccccc1)c1ccc(N2C[C@@H](F)C[C@H]2CC(=O)O)cc1. The molecule has 4 heteroatoms. The molecule has 1 aliphatic rings. The van der Waals surface area contributed by atoms with Crippen LogP contribution in [0, 0.1) is 0 Å². The maximum absolute atomic E-state index is 13.8. The summed E-state index contributed by atoms with van der Waals surface area (Å²) in [5, 5.41) is 9.03. The number of hydrogen-bond acceptors (Lipinski definition) is 2. The van der Waals surface area contributed by atoms with Crippen LogP contribution in [0.1, 0.15) is 36.8 Å². The van der Waals surface area contributed by atoms with Crippen LogP contribution < -0.4 is 4.90 Å². The van der Waals surface area contributed by atoms with Gasteiger partial charge in [-0.2, -0.15) is 0 Å². The van der Waals surface area contributed by atoms with E-state index in [2.05, 4.69) is 43.3 Å². The molecule has 0 aliphatic carbocycles. The van der Waals surface area contributed by atoms with Crippen molar-refractivity contribution in [2.24, 2.45) is 0 Å². The molecular weight excluding hydrogens is 317 g/mol. The van der Waals surface area contributed by atoms with Crippen molar-refractivity contribution < 1.29 is 14.3 Å². The first-order chi connectivity index (χ1) is 12.0. The van der Waals surface area contributed by atoms with Gasteiger partial charge in [0.2, 0.25) is 0 Å². The van der Waals surface area contributed by atoms with Crippen molar-refractivity contribution in [3.63, 3.8) is 0 Å². The van der Waals surface area contributed by atoms with Crippen LogP contribution in [-0.4, -0.2) is 29.8 Å². The molecule has 3 rings (SSSR count). The quantitative estimate of drug-likeness (QED) is 0.845. The van der Waals surface area contributed by atoms with E-state index in [1.165, 1.54) is 11.1 Å². The van der Waals surface area contributed by atoms with Gasteiger partial charge in [0.05, 0.1) is 6.42 Å². The van der Waals surface area contributed by atoms with Gasteiger partial charge in [-0.15, -0.1) is 0 Å². The van der Waals surface area contributed by atoms with Gasteiger partial charge >= 0.3 is 5.97 Å². The minimum Gasteiger partial charge on any atom is -0.481 e. The average molecular weight is 341 g/mol. The first-order valence-electron chi connectivity index (χ1n) is 8.79. The van der Waals surface area contributed by atoms with Crippen molar-refractivity contribution >= 4 is 11.7 Å². The molecule has 0 amide bonds. The minimum atomic E-state index is -0.957. The monoisotopic (exact) mass is 341 g/mol. The molecule has 0 aromatic heterocycles. The highest BCUT2D eigenvalue weighted by molar-refractivity contribution is 5.69. The second-order valence-electron chi connectivity index (χ2n) is 6.92. The van der Waals surface area contributed by atoms with Crippen molar-refractivity contribution in [3.05, 3.63) is 65.7 Å². The molecule has 132 valence electrons. The largest absolute Gasteiger partial charge is 0.481 e. The Bertz CT molecular complexity index is 702. The van der Waals surface area contributed by atoms with Gasteiger partial charge in [0.1, 0.15) is 6.17 Å². The maximum atomic E-state index is 13.8. The Kier molecular flexibility index (Phi) is 5.37. The molecule has 1 heterocycles. The summed E-state index contributed by atoms with van der Waals surface area (Å²) in [5.74, 6) is -0.490. The Morgan fingerprint density at radius 2 is 1.88 bits per heavy atom. The lowest BCUT2D eigenvalue weighted by atomic mass is 9.93. The predicted octanol–water partition coefficient (Wildman–Crippen LogP) is 4.42. The van der Waals surface area contributed by atoms with Gasteiger partial charge in [-0.1, -0.05) is 49.4 Å². The summed E-state index contributed by atoms with van der Waals surface area (Å²) in [6.07, 6.45) is 0.282. The van der Waals surface area contributed by atoms with E-state index < -0.39 is 12.1 Å². The van der Waals surface area contributed by atoms with Gasteiger partial charge in [-0.25, -0.2) is 4.39 Å². The maximum Gasteiger partial charge on any atom is 0.305 e. The van der Waals surface area contributed by atoms with Gasteiger partial charge in [0, 0.05) is 24.7 Å². The third-order valence-corrected chi connectivity index (χ3v) is 4.95. The smallest absolute Gasteiger partial charge is 0.305 e. The van der Waals surface area contributed by atoms with E-state index in [4.69, 9.17) is 5.11 Å². The van der Waals surface area contributed by atoms with Crippen molar-refractivity contribution in [2.75, 3.05) is 11.4 Å². The van der Waals surface area contributed by atoms with E-state index in [0.717, 1.165) is 12.1 Å². The van der Waals surface area contributed by atoms with Crippen molar-refractivity contribution in [3.8, 4) is 0 Å². The molecule has 2 aromatic rings. The third-order valence-electron chi connectivity index (χ3n) is 4.95. The molecule has 3 atom stereocenters. The van der Waals surface area contributed by atoms with Gasteiger partial charge in [-0.05, 0) is 35.6 Å². The fraction of sp³-hybridized carbons (Fsp3) is 0.381. The highest BCUT2D eigenvalue weighted by Crippen LogP contribution is 2.30. The van der Waals surface area contributed by atoms with Crippen LogP contribution in [0.5, 0.6) is 0 Å². The average Bonchev–Trinajstić information content (AvgIpc) is 2.95. The van der Waals surface area contributed by atoms with Crippen LogP contribution in [0.15, 0.2) is 54.6 Å².